The Morgan fingerprint density at radius 1 is 1.67 bits per heavy atom. The lowest BCUT2D eigenvalue weighted by Crippen LogP contribution is -2.20. The highest BCUT2D eigenvalue weighted by Crippen LogP contribution is 2.17. The first-order valence-corrected chi connectivity index (χ1v) is 7.18. The van der Waals surface area contributed by atoms with E-state index in [2.05, 4.69) is 10.3 Å². The Morgan fingerprint density at radius 2 is 2.33 bits per heavy atom. The summed E-state index contributed by atoms with van der Waals surface area (Å²) < 4.78 is 11.0. The molecule has 0 amide bonds. The summed E-state index contributed by atoms with van der Waals surface area (Å²) in [7, 11) is -0.859. The van der Waals surface area contributed by atoms with Crippen LogP contribution in [0.4, 0.5) is 11.5 Å². The molecule has 0 aliphatic rings. The van der Waals surface area contributed by atoms with Gasteiger partial charge >= 0.3 is 5.97 Å². The number of anilines is 2. The van der Waals surface area contributed by atoms with Crippen molar-refractivity contribution in [2.24, 2.45) is 0 Å². The SMILES string of the molecule is CC(CCS(C)=O)Nc1ncc(N)cc1C(=O)O. The highest BCUT2D eigenvalue weighted by atomic mass is 32.2. The van der Waals surface area contributed by atoms with Crippen LogP contribution < -0.4 is 11.1 Å². The van der Waals surface area contributed by atoms with Gasteiger partial charge in [0.2, 0.25) is 0 Å². The number of nitrogens with one attached hydrogen (secondary N) is 1. The zero-order chi connectivity index (χ0) is 13.7. The Hall–Kier alpha value is -1.63. The zero-order valence-electron chi connectivity index (χ0n) is 10.3. The average Bonchev–Trinajstić information content (AvgIpc) is 2.28. The topological polar surface area (TPSA) is 105 Å². The van der Waals surface area contributed by atoms with Gasteiger partial charge < -0.3 is 16.2 Å². The second kappa shape index (κ2) is 6.34. The van der Waals surface area contributed by atoms with Crippen molar-refractivity contribution in [3.63, 3.8) is 0 Å². The summed E-state index contributed by atoms with van der Waals surface area (Å²) in [4.78, 5) is 15.0. The molecule has 100 valence electrons. The van der Waals surface area contributed by atoms with Crippen LogP contribution in [0.2, 0.25) is 0 Å². The van der Waals surface area contributed by atoms with E-state index in [0.29, 0.717) is 17.9 Å². The fraction of sp³-hybridized carbons (Fsp3) is 0.455. The third-order valence-electron chi connectivity index (χ3n) is 2.36. The quantitative estimate of drug-likeness (QED) is 0.711. The number of nitrogens with zero attached hydrogens (tertiary/aromatic N) is 1. The smallest absolute Gasteiger partial charge is 0.339 e. The second-order valence-electron chi connectivity index (χ2n) is 4.08. The van der Waals surface area contributed by atoms with Crippen LogP contribution in [0.15, 0.2) is 12.3 Å². The molecule has 0 bridgehead atoms. The van der Waals surface area contributed by atoms with Crippen molar-refractivity contribution in [3.05, 3.63) is 17.8 Å². The standard InChI is InChI=1S/C11H17N3O3S/c1-7(3-4-18(2)17)14-10-9(11(15)16)5-8(12)6-13-10/h5-7H,3-4,12H2,1-2H3,(H,13,14)(H,15,16). The summed E-state index contributed by atoms with van der Waals surface area (Å²) in [5.74, 6) is -0.236. The Kier molecular flexibility index (Phi) is 5.08. The molecule has 0 spiro atoms. The molecule has 0 aromatic carbocycles. The fourth-order valence-corrected chi connectivity index (χ4v) is 2.09. The number of aromatic carboxylic acids is 1. The maximum absolute atomic E-state index is 11.0. The monoisotopic (exact) mass is 271 g/mol. The first kappa shape index (κ1) is 14.4. The Balaban J connectivity index is 2.77. The van der Waals surface area contributed by atoms with Crippen LogP contribution in [0.5, 0.6) is 0 Å². The van der Waals surface area contributed by atoms with Crippen molar-refractivity contribution >= 4 is 28.3 Å². The van der Waals surface area contributed by atoms with Gasteiger partial charge in [-0.05, 0) is 19.4 Å². The molecule has 1 heterocycles. The lowest BCUT2D eigenvalue weighted by atomic mass is 10.2. The van der Waals surface area contributed by atoms with Crippen LogP contribution in [0.3, 0.4) is 0 Å². The van der Waals surface area contributed by atoms with Gasteiger partial charge in [-0.2, -0.15) is 0 Å². The lowest BCUT2D eigenvalue weighted by molar-refractivity contribution is 0.0697. The van der Waals surface area contributed by atoms with Crippen LogP contribution in [-0.2, 0) is 10.8 Å². The third-order valence-corrected chi connectivity index (χ3v) is 3.17. The molecule has 1 aromatic rings. The molecule has 4 N–H and O–H groups in total. The maximum Gasteiger partial charge on any atom is 0.339 e. The predicted octanol–water partition coefficient (Wildman–Crippen LogP) is 0.931. The Morgan fingerprint density at radius 3 is 2.89 bits per heavy atom. The van der Waals surface area contributed by atoms with Crippen molar-refractivity contribution in [1.82, 2.24) is 4.98 Å². The predicted molar refractivity (Wildman–Crippen MR) is 72.2 cm³/mol. The van der Waals surface area contributed by atoms with Crippen molar-refractivity contribution < 1.29 is 14.1 Å². The number of carboxylic acid groups (broad SMARTS) is 1. The number of hydrogen-bond donors (Lipinski definition) is 3. The largest absolute Gasteiger partial charge is 0.478 e. The zero-order valence-corrected chi connectivity index (χ0v) is 11.2. The van der Waals surface area contributed by atoms with Gasteiger partial charge in [-0.1, -0.05) is 0 Å². The first-order valence-electron chi connectivity index (χ1n) is 5.45. The molecule has 2 unspecified atom stereocenters. The molecule has 6 nitrogen and oxygen atoms in total. The number of nitrogens with two attached hydrogens (primary N) is 1. The second-order valence-corrected chi connectivity index (χ2v) is 5.64. The Labute approximate surface area is 108 Å². The van der Waals surface area contributed by atoms with Crippen LogP contribution in [0.25, 0.3) is 0 Å². The van der Waals surface area contributed by atoms with Gasteiger partial charge in [0.25, 0.3) is 0 Å². The third kappa shape index (κ3) is 4.33. The van der Waals surface area contributed by atoms with Crippen molar-refractivity contribution in [2.45, 2.75) is 19.4 Å². The molecule has 0 saturated heterocycles. The van der Waals surface area contributed by atoms with Gasteiger partial charge in [0.05, 0.1) is 11.9 Å². The van der Waals surface area contributed by atoms with Gasteiger partial charge in [0.15, 0.2) is 0 Å². The number of carboxylic acids is 1. The van der Waals surface area contributed by atoms with E-state index in [1.54, 1.807) is 6.26 Å². The first-order chi connectivity index (χ1) is 8.40. The van der Waals surface area contributed by atoms with Crippen LogP contribution in [0.1, 0.15) is 23.7 Å². The van der Waals surface area contributed by atoms with E-state index in [1.165, 1.54) is 12.3 Å². The van der Waals surface area contributed by atoms with Crippen LogP contribution >= 0.6 is 0 Å². The van der Waals surface area contributed by atoms with Crippen molar-refractivity contribution in [2.75, 3.05) is 23.1 Å². The normalized spacial score (nSPS) is 13.9. The molecule has 18 heavy (non-hydrogen) atoms. The highest BCUT2D eigenvalue weighted by molar-refractivity contribution is 7.84. The van der Waals surface area contributed by atoms with Gasteiger partial charge in [-0.3, -0.25) is 4.21 Å². The minimum Gasteiger partial charge on any atom is -0.478 e. The molecule has 1 rings (SSSR count). The summed E-state index contributed by atoms with van der Waals surface area (Å²) in [6, 6.07) is 1.35. The van der Waals surface area contributed by atoms with Gasteiger partial charge in [0, 0.05) is 28.9 Å². The van der Waals surface area contributed by atoms with E-state index in [1.807, 2.05) is 6.92 Å². The molecule has 1 aromatic heterocycles. The number of hydrogen-bond acceptors (Lipinski definition) is 5. The maximum atomic E-state index is 11.0. The van der Waals surface area contributed by atoms with E-state index in [4.69, 9.17) is 10.8 Å². The molecule has 0 aliphatic carbocycles. The van der Waals surface area contributed by atoms with E-state index in [0.717, 1.165) is 0 Å². The van der Waals surface area contributed by atoms with E-state index in [-0.39, 0.29) is 17.4 Å². The highest BCUT2D eigenvalue weighted by Gasteiger charge is 2.14. The summed E-state index contributed by atoms with van der Waals surface area (Å²) in [6.07, 6.45) is 3.71. The number of nitrogen functional groups attached to an aromatic ring is 1. The number of rotatable bonds is 6. The van der Waals surface area contributed by atoms with Crippen LogP contribution in [-0.4, -0.2) is 38.3 Å². The lowest BCUT2D eigenvalue weighted by Gasteiger charge is -2.15. The van der Waals surface area contributed by atoms with E-state index < -0.39 is 16.8 Å². The number of aromatic nitrogens is 1. The van der Waals surface area contributed by atoms with Gasteiger partial charge in [-0.15, -0.1) is 0 Å². The number of pyridine rings is 1. The molecular weight excluding hydrogens is 254 g/mol. The van der Waals surface area contributed by atoms with Gasteiger partial charge in [0.1, 0.15) is 11.4 Å². The van der Waals surface area contributed by atoms with Crippen LogP contribution in [0, 0.1) is 0 Å². The van der Waals surface area contributed by atoms with Crippen molar-refractivity contribution in [1.29, 1.82) is 0 Å². The molecule has 2 atom stereocenters. The van der Waals surface area contributed by atoms with Gasteiger partial charge in [-0.25, -0.2) is 9.78 Å². The summed E-state index contributed by atoms with van der Waals surface area (Å²) >= 11 is 0. The molecular formula is C11H17N3O3S. The molecule has 0 saturated carbocycles. The number of carbonyl (C=O) groups is 1. The molecule has 0 aliphatic heterocycles. The minimum atomic E-state index is -1.08. The summed E-state index contributed by atoms with van der Waals surface area (Å²) in [5.41, 5.74) is 5.85. The molecule has 0 fully saturated rings. The summed E-state index contributed by atoms with van der Waals surface area (Å²) in [5, 5.41) is 12.0. The minimum absolute atomic E-state index is 0.0110. The average molecular weight is 271 g/mol. The van der Waals surface area contributed by atoms with E-state index >= 15 is 0 Å². The van der Waals surface area contributed by atoms with Crippen molar-refractivity contribution in [3.8, 4) is 0 Å². The Bertz CT molecular complexity index is 465. The van der Waals surface area contributed by atoms with E-state index in [9.17, 15) is 9.00 Å². The molecule has 7 heteroatoms. The fourth-order valence-electron chi connectivity index (χ4n) is 1.41. The molecule has 0 radical (unpaired) electrons. The summed E-state index contributed by atoms with van der Waals surface area (Å²) in [6.45, 7) is 1.89.